The summed E-state index contributed by atoms with van der Waals surface area (Å²) in [6.07, 6.45) is 0.730. The highest BCUT2D eigenvalue weighted by molar-refractivity contribution is 6.30. The molecule has 4 heteroatoms. The number of nitrogens with two attached hydrogens (primary N) is 1. The highest BCUT2D eigenvalue weighted by Crippen LogP contribution is 2.16. The van der Waals surface area contributed by atoms with E-state index in [0.29, 0.717) is 16.3 Å². The van der Waals surface area contributed by atoms with Gasteiger partial charge in [-0.3, -0.25) is 4.79 Å². The minimum absolute atomic E-state index is 0.0109. The van der Waals surface area contributed by atoms with Crippen molar-refractivity contribution in [2.75, 3.05) is 5.73 Å². The summed E-state index contributed by atoms with van der Waals surface area (Å²) in [7, 11) is 0. The number of nitrogen functional groups attached to an aromatic ring is 1. The molecule has 0 spiro atoms. The molecule has 0 radical (unpaired) electrons. The summed E-state index contributed by atoms with van der Waals surface area (Å²) in [5.74, 6) is -0.102. The molecular formula is C17H19ClN2O. The third-order valence-electron chi connectivity index (χ3n) is 3.43. The standard InChI is InChI=1S/C17H19ClN2O/c1-11(9-13-5-3-6-14(18)10-13)20-17(21)15-7-4-8-16(19)12(15)2/h3-8,10-11H,9,19H2,1-2H3,(H,20,21). The molecule has 1 amide bonds. The first kappa shape index (κ1) is 15.4. The van der Waals surface area contributed by atoms with Gasteiger partial charge in [0.25, 0.3) is 5.91 Å². The first-order valence-corrected chi connectivity index (χ1v) is 7.25. The fraction of sp³-hybridized carbons (Fsp3) is 0.235. The number of benzene rings is 2. The molecule has 0 aliphatic rings. The second kappa shape index (κ2) is 6.64. The normalized spacial score (nSPS) is 12.0. The van der Waals surface area contributed by atoms with Crippen LogP contribution in [0.15, 0.2) is 42.5 Å². The Labute approximate surface area is 130 Å². The van der Waals surface area contributed by atoms with Gasteiger partial charge in [0.15, 0.2) is 0 Å². The largest absolute Gasteiger partial charge is 0.398 e. The molecule has 0 aliphatic carbocycles. The van der Waals surface area contributed by atoms with Crippen molar-refractivity contribution in [1.29, 1.82) is 0 Å². The highest BCUT2D eigenvalue weighted by atomic mass is 35.5. The van der Waals surface area contributed by atoms with E-state index < -0.39 is 0 Å². The van der Waals surface area contributed by atoms with Crippen LogP contribution in [-0.4, -0.2) is 11.9 Å². The molecule has 0 saturated heterocycles. The first-order chi connectivity index (χ1) is 9.97. The number of rotatable bonds is 4. The summed E-state index contributed by atoms with van der Waals surface area (Å²) in [5, 5.41) is 3.70. The molecule has 0 aliphatic heterocycles. The molecule has 0 aromatic heterocycles. The van der Waals surface area contributed by atoms with Crippen LogP contribution in [0.25, 0.3) is 0 Å². The van der Waals surface area contributed by atoms with Crippen molar-refractivity contribution in [2.45, 2.75) is 26.3 Å². The zero-order valence-corrected chi connectivity index (χ0v) is 12.9. The van der Waals surface area contributed by atoms with Gasteiger partial charge in [-0.2, -0.15) is 0 Å². The maximum Gasteiger partial charge on any atom is 0.251 e. The summed E-state index contributed by atoms with van der Waals surface area (Å²) in [6, 6.07) is 13.0. The second-order valence-electron chi connectivity index (χ2n) is 5.23. The van der Waals surface area contributed by atoms with E-state index in [4.69, 9.17) is 17.3 Å². The number of carbonyl (C=O) groups excluding carboxylic acids is 1. The van der Waals surface area contributed by atoms with Crippen LogP contribution in [0.4, 0.5) is 5.69 Å². The van der Waals surface area contributed by atoms with E-state index in [1.54, 1.807) is 18.2 Å². The average molecular weight is 303 g/mol. The van der Waals surface area contributed by atoms with E-state index in [0.717, 1.165) is 17.5 Å². The average Bonchev–Trinajstić information content (AvgIpc) is 2.41. The summed E-state index contributed by atoms with van der Waals surface area (Å²) < 4.78 is 0. The molecule has 0 fully saturated rings. The number of amides is 1. The third-order valence-corrected chi connectivity index (χ3v) is 3.66. The number of anilines is 1. The Morgan fingerprint density at radius 3 is 2.71 bits per heavy atom. The summed E-state index contributed by atoms with van der Waals surface area (Å²) in [4.78, 5) is 12.3. The fourth-order valence-corrected chi connectivity index (χ4v) is 2.48. The summed E-state index contributed by atoms with van der Waals surface area (Å²) in [6.45, 7) is 3.83. The van der Waals surface area contributed by atoms with E-state index in [-0.39, 0.29) is 11.9 Å². The van der Waals surface area contributed by atoms with Gasteiger partial charge in [-0.1, -0.05) is 29.8 Å². The van der Waals surface area contributed by atoms with Crippen LogP contribution in [0.1, 0.15) is 28.4 Å². The molecule has 2 aromatic rings. The quantitative estimate of drug-likeness (QED) is 0.848. The third kappa shape index (κ3) is 3.99. The summed E-state index contributed by atoms with van der Waals surface area (Å²) >= 11 is 5.97. The van der Waals surface area contributed by atoms with Crippen LogP contribution < -0.4 is 11.1 Å². The molecule has 3 N–H and O–H groups in total. The number of hydrogen-bond acceptors (Lipinski definition) is 2. The van der Waals surface area contributed by atoms with Crippen LogP contribution in [0.3, 0.4) is 0 Å². The predicted octanol–water partition coefficient (Wildman–Crippen LogP) is 3.59. The molecule has 0 saturated carbocycles. The molecule has 21 heavy (non-hydrogen) atoms. The monoisotopic (exact) mass is 302 g/mol. The van der Waals surface area contributed by atoms with Crippen LogP contribution in [0.2, 0.25) is 5.02 Å². The van der Waals surface area contributed by atoms with Crippen LogP contribution in [0, 0.1) is 6.92 Å². The maximum atomic E-state index is 12.3. The number of carbonyl (C=O) groups is 1. The fourth-order valence-electron chi connectivity index (χ4n) is 2.27. The van der Waals surface area contributed by atoms with Gasteiger partial charge in [0, 0.05) is 22.3 Å². The van der Waals surface area contributed by atoms with E-state index in [2.05, 4.69) is 5.32 Å². The highest BCUT2D eigenvalue weighted by Gasteiger charge is 2.13. The topological polar surface area (TPSA) is 55.1 Å². The Morgan fingerprint density at radius 2 is 2.00 bits per heavy atom. The Hall–Kier alpha value is -2.00. The summed E-state index contributed by atoms with van der Waals surface area (Å²) in [5.41, 5.74) is 8.99. The van der Waals surface area contributed by atoms with Crippen LogP contribution >= 0.6 is 11.6 Å². The van der Waals surface area contributed by atoms with Crippen molar-refractivity contribution in [2.24, 2.45) is 0 Å². The van der Waals surface area contributed by atoms with Gasteiger partial charge in [0.05, 0.1) is 0 Å². The first-order valence-electron chi connectivity index (χ1n) is 6.87. The lowest BCUT2D eigenvalue weighted by Crippen LogP contribution is -2.34. The smallest absolute Gasteiger partial charge is 0.251 e. The zero-order valence-electron chi connectivity index (χ0n) is 12.2. The number of halogens is 1. The second-order valence-corrected chi connectivity index (χ2v) is 5.66. The molecule has 1 unspecified atom stereocenters. The number of hydrogen-bond donors (Lipinski definition) is 2. The van der Waals surface area contributed by atoms with E-state index >= 15 is 0 Å². The zero-order chi connectivity index (χ0) is 15.4. The Bertz CT molecular complexity index is 655. The SMILES string of the molecule is Cc1c(N)cccc1C(=O)NC(C)Cc1cccc(Cl)c1. The molecule has 2 rings (SSSR count). The minimum atomic E-state index is -0.102. The predicted molar refractivity (Wildman–Crippen MR) is 87.7 cm³/mol. The van der Waals surface area contributed by atoms with E-state index in [1.165, 1.54) is 0 Å². The molecule has 0 heterocycles. The lowest BCUT2D eigenvalue weighted by atomic mass is 10.0. The molecule has 110 valence electrons. The van der Waals surface area contributed by atoms with Crippen molar-refractivity contribution in [3.8, 4) is 0 Å². The molecule has 1 atom stereocenters. The van der Waals surface area contributed by atoms with Crippen LogP contribution in [0.5, 0.6) is 0 Å². The van der Waals surface area contributed by atoms with Crippen LogP contribution in [-0.2, 0) is 6.42 Å². The van der Waals surface area contributed by atoms with Crippen molar-refractivity contribution in [3.63, 3.8) is 0 Å². The van der Waals surface area contributed by atoms with E-state index in [1.807, 2.05) is 38.1 Å². The lowest BCUT2D eigenvalue weighted by Gasteiger charge is -2.15. The lowest BCUT2D eigenvalue weighted by molar-refractivity contribution is 0.0939. The van der Waals surface area contributed by atoms with Gasteiger partial charge in [-0.15, -0.1) is 0 Å². The van der Waals surface area contributed by atoms with Crippen molar-refractivity contribution in [1.82, 2.24) is 5.32 Å². The van der Waals surface area contributed by atoms with E-state index in [9.17, 15) is 4.79 Å². The van der Waals surface area contributed by atoms with Gasteiger partial charge in [-0.25, -0.2) is 0 Å². The van der Waals surface area contributed by atoms with Crippen molar-refractivity contribution < 1.29 is 4.79 Å². The molecule has 0 bridgehead atoms. The maximum absolute atomic E-state index is 12.3. The van der Waals surface area contributed by atoms with Crippen molar-refractivity contribution in [3.05, 3.63) is 64.2 Å². The van der Waals surface area contributed by atoms with Gasteiger partial charge in [-0.05, 0) is 55.7 Å². The Balaban J connectivity index is 2.04. The van der Waals surface area contributed by atoms with Gasteiger partial charge in [0.1, 0.15) is 0 Å². The Kier molecular flexibility index (Phi) is 4.86. The van der Waals surface area contributed by atoms with Crippen molar-refractivity contribution >= 4 is 23.2 Å². The number of nitrogens with one attached hydrogen (secondary N) is 1. The molecule has 3 nitrogen and oxygen atoms in total. The van der Waals surface area contributed by atoms with Gasteiger partial charge >= 0.3 is 0 Å². The Morgan fingerprint density at radius 1 is 1.29 bits per heavy atom. The molecular weight excluding hydrogens is 284 g/mol. The molecule has 2 aromatic carbocycles. The minimum Gasteiger partial charge on any atom is -0.398 e. The van der Waals surface area contributed by atoms with Gasteiger partial charge in [0.2, 0.25) is 0 Å². The van der Waals surface area contributed by atoms with Gasteiger partial charge < -0.3 is 11.1 Å².